The Labute approximate surface area is 109 Å². The maximum atomic E-state index is 5.03. The minimum Gasteiger partial charge on any atom is -0.472 e. The third-order valence-corrected chi connectivity index (χ3v) is 3.58. The van der Waals surface area contributed by atoms with E-state index < -0.39 is 0 Å². The van der Waals surface area contributed by atoms with Crippen LogP contribution in [0.5, 0.6) is 0 Å². The number of hydrogen-bond acceptors (Lipinski definition) is 2. The maximum absolute atomic E-state index is 5.03. The third kappa shape index (κ3) is 3.52. The Balaban J connectivity index is 1.81. The van der Waals surface area contributed by atoms with Gasteiger partial charge < -0.3 is 15.1 Å². The minimum absolute atomic E-state index is 0.509. The molecule has 0 radical (unpaired) electrons. The van der Waals surface area contributed by atoms with Crippen LogP contribution >= 0.6 is 0 Å². The van der Waals surface area contributed by atoms with E-state index in [-0.39, 0.29) is 0 Å². The van der Waals surface area contributed by atoms with E-state index in [1.807, 2.05) is 6.07 Å². The highest BCUT2D eigenvalue weighted by molar-refractivity contribution is 5.79. The molecule has 1 atom stereocenters. The molecule has 1 fully saturated rings. The van der Waals surface area contributed by atoms with Gasteiger partial charge in [0.05, 0.1) is 19.1 Å². The normalized spacial score (nSPS) is 21.7. The van der Waals surface area contributed by atoms with Crippen molar-refractivity contribution in [3.63, 3.8) is 0 Å². The highest BCUT2D eigenvalue weighted by Gasteiger charge is 2.45. The van der Waals surface area contributed by atoms with Gasteiger partial charge in [0.25, 0.3) is 0 Å². The molecule has 0 spiro atoms. The molecule has 100 valence electrons. The fourth-order valence-electron chi connectivity index (χ4n) is 2.04. The topological polar surface area (TPSA) is 49.6 Å². The molecule has 0 aliphatic heterocycles. The minimum atomic E-state index is 0.509. The lowest BCUT2D eigenvalue weighted by Gasteiger charge is -2.11. The highest BCUT2D eigenvalue weighted by Crippen LogP contribution is 2.50. The van der Waals surface area contributed by atoms with Gasteiger partial charge in [0.15, 0.2) is 5.96 Å². The number of nitrogens with zero attached hydrogens (tertiary/aromatic N) is 1. The molecule has 1 aliphatic carbocycles. The third-order valence-electron chi connectivity index (χ3n) is 3.58. The molecular formula is C14H23N3O. The van der Waals surface area contributed by atoms with Gasteiger partial charge in [0.2, 0.25) is 0 Å². The molecule has 1 aromatic rings. The van der Waals surface area contributed by atoms with Crippen molar-refractivity contribution in [3.8, 4) is 0 Å². The van der Waals surface area contributed by atoms with Gasteiger partial charge in [0, 0.05) is 18.7 Å². The van der Waals surface area contributed by atoms with Crippen LogP contribution in [0.25, 0.3) is 0 Å². The molecule has 1 aliphatic rings. The van der Waals surface area contributed by atoms with Crippen LogP contribution in [0.1, 0.15) is 32.8 Å². The van der Waals surface area contributed by atoms with Crippen LogP contribution < -0.4 is 10.6 Å². The fourth-order valence-corrected chi connectivity index (χ4v) is 2.04. The first-order valence-corrected chi connectivity index (χ1v) is 6.65. The van der Waals surface area contributed by atoms with Gasteiger partial charge in [-0.15, -0.1) is 0 Å². The van der Waals surface area contributed by atoms with Gasteiger partial charge in [-0.1, -0.05) is 13.8 Å². The largest absolute Gasteiger partial charge is 0.472 e. The van der Waals surface area contributed by atoms with Gasteiger partial charge in [-0.05, 0) is 30.7 Å². The lowest BCUT2D eigenvalue weighted by Crippen LogP contribution is -2.38. The maximum Gasteiger partial charge on any atom is 0.191 e. The molecule has 0 aromatic carbocycles. The van der Waals surface area contributed by atoms with Crippen LogP contribution in [0.15, 0.2) is 28.0 Å². The zero-order valence-electron chi connectivity index (χ0n) is 11.5. The highest BCUT2D eigenvalue weighted by atomic mass is 16.3. The number of nitrogens with one attached hydrogen (secondary N) is 2. The number of hydrogen-bond donors (Lipinski definition) is 2. The second-order valence-corrected chi connectivity index (χ2v) is 5.60. The van der Waals surface area contributed by atoms with Crippen molar-refractivity contribution >= 4 is 5.96 Å². The van der Waals surface area contributed by atoms with Crippen molar-refractivity contribution in [1.82, 2.24) is 10.6 Å². The summed E-state index contributed by atoms with van der Waals surface area (Å²) in [7, 11) is 0. The number of furan rings is 1. The quantitative estimate of drug-likeness (QED) is 0.622. The van der Waals surface area contributed by atoms with Crippen LogP contribution in [0.2, 0.25) is 0 Å². The lowest BCUT2D eigenvalue weighted by molar-refractivity contribution is 0.548. The van der Waals surface area contributed by atoms with E-state index in [1.165, 1.54) is 6.42 Å². The summed E-state index contributed by atoms with van der Waals surface area (Å²) in [5, 5.41) is 6.67. The zero-order chi connectivity index (χ0) is 13.0. The molecule has 0 saturated heterocycles. The Kier molecular flexibility index (Phi) is 3.94. The number of guanidine groups is 1. The molecule has 4 nitrogen and oxygen atoms in total. The molecule has 2 N–H and O–H groups in total. The standard InChI is InChI=1S/C14H23N3O/c1-4-15-13(16-8-11-5-6-18-10-11)17-9-12-7-14(12,2)3/h5-6,10,12H,4,7-9H2,1-3H3,(H2,15,16,17). The lowest BCUT2D eigenvalue weighted by atomic mass is 10.1. The van der Waals surface area contributed by atoms with E-state index >= 15 is 0 Å². The van der Waals surface area contributed by atoms with Gasteiger partial charge in [0.1, 0.15) is 0 Å². The Morgan fingerprint density at radius 1 is 1.50 bits per heavy atom. The fraction of sp³-hybridized carbons (Fsp3) is 0.643. The van der Waals surface area contributed by atoms with Crippen molar-refractivity contribution < 1.29 is 4.42 Å². The second-order valence-electron chi connectivity index (χ2n) is 5.60. The van der Waals surface area contributed by atoms with Gasteiger partial charge in [-0.25, -0.2) is 4.99 Å². The van der Waals surface area contributed by atoms with E-state index in [1.54, 1.807) is 12.5 Å². The van der Waals surface area contributed by atoms with E-state index in [9.17, 15) is 0 Å². The summed E-state index contributed by atoms with van der Waals surface area (Å²) in [4.78, 5) is 4.54. The Hall–Kier alpha value is -1.45. The summed E-state index contributed by atoms with van der Waals surface area (Å²) in [5.41, 5.74) is 1.61. The molecule has 18 heavy (non-hydrogen) atoms. The molecule has 1 aromatic heterocycles. The summed E-state index contributed by atoms with van der Waals surface area (Å²) >= 11 is 0. The second kappa shape index (κ2) is 5.46. The molecule has 0 bridgehead atoms. The van der Waals surface area contributed by atoms with Crippen LogP contribution in [0, 0.1) is 11.3 Å². The molecule has 1 saturated carbocycles. The van der Waals surface area contributed by atoms with E-state index in [0.29, 0.717) is 12.0 Å². The van der Waals surface area contributed by atoms with E-state index in [0.717, 1.165) is 30.5 Å². The monoisotopic (exact) mass is 249 g/mol. The Morgan fingerprint density at radius 3 is 2.83 bits per heavy atom. The first kappa shape index (κ1) is 13.0. The Bertz CT molecular complexity index is 395. The smallest absolute Gasteiger partial charge is 0.191 e. The van der Waals surface area contributed by atoms with Crippen LogP contribution in [-0.2, 0) is 6.54 Å². The summed E-state index contributed by atoms with van der Waals surface area (Å²) in [6, 6.07) is 1.94. The average Bonchev–Trinajstić information content (AvgIpc) is 2.77. The van der Waals surface area contributed by atoms with Crippen molar-refractivity contribution in [1.29, 1.82) is 0 Å². The average molecular weight is 249 g/mol. The molecule has 0 amide bonds. The van der Waals surface area contributed by atoms with Gasteiger partial charge in [-0.2, -0.15) is 0 Å². The van der Waals surface area contributed by atoms with Crippen LogP contribution in [0.3, 0.4) is 0 Å². The first-order valence-electron chi connectivity index (χ1n) is 6.65. The summed E-state index contributed by atoms with van der Waals surface area (Å²) in [6.45, 7) is 9.25. The van der Waals surface area contributed by atoms with Crippen LogP contribution in [0.4, 0.5) is 0 Å². The van der Waals surface area contributed by atoms with E-state index in [4.69, 9.17) is 4.42 Å². The molecule has 1 unspecified atom stereocenters. The van der Waals surface area contributed by atoms with Crippen molar-refractivity contribution in [2.75, 3.05) is 13.1 Å². The van der Waals surface area contributed by atoms with Crippen molar-refractivity contribution in [3.05, 3.63) is 24.2 Å². The molecular weight excluding hydrogens is 226 g/mol. The number of rotatable bonds is 5. The van der Waals surface area contributed by atoms with Crippen molar-refractivity contribution in [2.45, 2.75) is 33.7 Å². The SMILES string of the molecule is CCNC(=NCc1ccoc1)NCC1CC1(C)C. The predicted molar refractivity (Wildman–Crippen MR) is 73.4 cm³/mol. The Morgan fingerprint density at radius 2 is 2.28 bits per heavy atom. The van der Waals surface area contributed by atoms with Crippen molar-refractivity contribution in [2.24, 2.45) is 16.3 Å². The molecule has 4 heteroatoms. The molecule has 1 heterocycles. The zero-order valence-corrected chi connectivity index (χ0v) is 11.5. The number of aliphatic imine (C=N–C) groups is 1. The first-order chi connectivity index (χ1) is 8.62. The van der Waals surface area contributed by atoms with E-state index in [2.05, 4.69) is 36.4 Å². The van der Waals surface area contributed by atoms with Gasteiger partial charge in [-0.3, -0.25) is 0 Å². The summed E-state index contributed by atoms with van der Waals surface area (Å²) in [5.74, 6) is 1.66. The predicted octanol–water partition coefficient (Wildman–Crippen LogP) is 2.38. The van der Waals surface area contributed by atoms with Gasteiger partial charge >= 0.3 is 0 Å². The molecule has 2 rings (SSSR count). The summed E-state index contributed by atoms with van der Waals surface area (Å²) in [6.07, 6.45) is 4.72. The summed E-state index contributed by atoms with van der Waals surface area (Å²) < 4.78 is 5.03. The van der Waals surface area contributed by atoms with Crippen LogP contribution in [-0.4, -0.2) is 19.0 Å².